The van der Waals surface area contributed by atoms with Crippen molar-refractivity contribution in [2.75, 3.05) is 13.7 Å². The van der Waals surface area contributed by atoms with Crippen LogP contribution in [0.4, 0.5) is 4.39 Å². The lowest BCUT2D eigenvalue weighted by atomic mass is 10.0. The van der Waals surface area contributed by atoms with Crippen LogP contribution < -0.4 is 10.5 Å². The van der Waals surface area contributed by atoms with Crippen LogP contribution in [0.15, 0.2) is 6.07 Å². The Kier molecular flexibility index (Phi) is 3.26. The Morgan fingerprint density at radius 2 is 2.27 bits per heavy atom. The number of methoxy groups -OCH3 is 1. The van der Waals surface area contributed by atoms with Crippen molar-refractivity contribution in [3.63, 3.8) is 0 Å². The molecule has 0 radical (unpaired) electrons. The molecule has 0 unspecified atom stereocenters. The van der Waals surface area contributed by atoms with E-state index < -0.39 is 17.3 Å². The van der Waals surface area contributed by atoms with Gasteiger partial charge in [-0.15, -0.1) is 0 Å². The number of aromatic hydroxyl groups is 1. The Morgan fingerprint density at radius 3 is 2.73 bits per heavy atom. The standard InChI is InChI=1S/C10H12FNO3/c1-5-3-6(11)10(15-2)9(14)8(5)7(13)4-12/h3,14H,4,12H2,1-2H3. The van der Waals surface area contributed by atoms with Gasteiger partial charge in [0.25, 0.3) is 0 Å². The predicted molar refractivity (Wildman–Crippen MR) is 52.7 cm³/mol. The van der Waals surface area contributed by atoms with E-state index in [9.17, 15) is 14.3 Å². The van der Waals surface area contributed by atoms with Crippen molar-refractivity contribution in [3.8, 4) is 11.5 Å². The highest BCUT2D eigenvalue weighted by Gasteiger charge is 2.20. The number of nitrogens with two attached hydrogens (primary N) is 1. The first-order valence-electron chi connectivity index (χ1n) is 4.32. The second kappa shape index (κ2) is 4.27. The van der Waals surface area contributed by atoms with Gasteiger partial charge in [0.2, 0.25) is 0 Å². The highest BCUT2D eigenvalue weighted by Crippen LogP contribution is 2.35. The van der Waals surface area contributed by atoms with Crippen molar-refractivity contribution in [1.82, 2.24) is 0 Å². The van der Waals surface area contributed by atoms with E-state index in [2.05, 4.69) is 4.74 Å². The van der Waals surface area contributed by atoms with Gasteiger partial charge in [-0.3, -0.25) is 4.79 Å². The molecule has 15 heavy (non-hydrogen) atoms. The highest BCUT2D eigenvalue weighted by atomic mass is 19.1. The molecule has 0 aliphatic heterocycles. The molecule has 0 bridgehead atoms. The van der Waals surface area contributed by atoms with Crippen molar-refractivity contribution in [2.24, 2.45) is 5.73 Å². The lowest BCUT2D eigenvalue weighted by Crippen LogP contribution is -2.15. The van der Waals surface area contributed by atoms with Crippen molar-refractivity contribution in [1.29, 1.82) is 0 Å². The molecular weight excluding hydrogens is 201 g/mol. The number of benzene rings is 1. The molecule has 0 atom stereocenters. The van der Waals surface area contributed by atoms with Gasteiger partial charge in [-0.2, -0.15) is 0 Å². The number of ketones is 1. The van der Waals surface area contributed by atoms with Gasteiger partial charge in [-0.25, -0.2) is 4.39 Å². The molecule has 0 fully saturated rings. The second-order valence-corrected chi connectivity index (χ2v) is 3.06. The number of aryl methyl sites for hydroxylation is 1. The molecule has 0 heterocycles. The number of Topliss-reactive ketones (excluding diaryl/α,β-unsaturated/α-hetero) is 1. The predicted octanol–water partition coefficient (Wildman–Crippen LogP) is 0.990. The molecule has 82 valence electrons. The zero-order valence-corrected chi connectivity index (χ0v) is 8.50. The molecule has 0 spiro atoms. The Balaban J connectivity index is 3.45. The molecule has 0 aromatic heterocycles. The van der Waals surface area contributed by atoms with Crippen molar-refractivity contribution in [3.05, 3.63) is 23.0 Å². The molecule has 5 heteroatoms. The zero-order chi connectivity index (χ0) is 11.6. The summed E-state index contributed by atoms with van der Waals surface area (Å²) in [6.45, 7) is 1.27. The third kappa shape index (κ3) is 1.92. The fourth-order valence-electron chi connectivity index (χ4n) is 1.39. The van der Waals surface area contributed by atoms with Crippen LogP contribution in [0.1, 0.15) is 15.9 Å². The average molecular weight is 213 g/mol. The molecule has 3 N–H and O–H groups in total. The van der Waals surface area contributed by atoms with Crippen LogP contribution in [0.5, 0.6) is 11.5 Å². The first-order valence-corrected chi connectivity index (χ1v) is 4.32. The van der Waals surface area contributed by atoms with Crippen LogP contribution in [0.25, 0.3) is 0 Å². The summed E-state index contributed by atoms with van der Waals surface area (Å²) in [5.74, 6) is -1.99. The van der Waals surface area contributed by atoms with E-state index in [1.54, 1.807) is 0 Å². The SMILES string of the molecule is COc1c(F)cc(C)c(C(=O)CN)c1O. The third-order valence-electron chi connectivity index (χ3n) is 2.07. The number of phenolic OH excluding ortho intramolecular Hbond substituents is 1. The summed E-state index contributed by atoms with van der Waals surface area (Å²) in [6, 6.07) is 1.13. The summed E-state index contributed by atoms with van der Waals surface area (Å²) in [5, 5.41) is 9.61. The lowest BCUT2D eigenvalue weighted by Gasteiger charge is -2.11. The van der Waals surface area contributed by atoms with Gasteiger partial charge >= 0.3 is 0 Å². The minimum atomic E-state index is -0.707. The van der Waals surface area contributed by atoms with E-state index in [0.29, 0.717) is 5.56 Å². The van der Waals surface area contributed by atoms with Crippen LogP contribution in [-0.2, 0) is 0 Å². The van der Waals surface area contributed by atoms with Crippen LogP contribution in [0, 0.1) is 12.7 Å². The summed E-state index contributed by atoms with van der Waals surface area (Å²) < 4.78 is 17.9. The molecule has 0 saturated heterocycles. The van der Waals surface area contributed by atoms with E-state index >= 15 is 0 Å². The number of halogens is 1. The molecule has 0 amide bonds. The smallest absolute Gasteiger partial charge is 0.197 e. The fourth-order valence-corrected chi connectivity index (χ4v) is 1.39. The Morgan fingerprint density at radius 1 is 1.67 bits per heavy atom. The Labute approximate surface area is 86.5 Å². The molecule has 0 aliphatic carbocycles. The maximum absolute atomic E-state index is 13.2. The number of hydrogen-bond donors (Lipinski definition) is 2. The number of ether oxygens (including phenoxy) is 1. The summed E-state index contributed by atoms with van der Waals surface area (Å²) in [4.78, 5) is 11.4. The van der Waals surface area contributed by atoms with Crippen molar-refractivity contribution >= 4 is 5.78 Å². The van der Waals surface area contributed by atoms with E-state index in [1.807, 2.05) is 0 Å². The topological polar surface area (TPSA) is 72.5 Å². The number of hydrogen-bond acceptors (Lipinski definition) is 4. The van der Waals surface area contributed by atoms with E-state index in [0.717, 1.165) is 6.07 Å². The minimum Gasteiger partial charge on any atom is -0.504 e. The summed E-state index contributed by atoms with van der Waals surface area (Å²) >= 11 is 0. The quantitative estimate of drug-likeness (QED) is 0.734. The molecule has 1 aromatic carbocycles. The van der Waals surface area contributed by atoms with Crippen molar-refractivity contribution < 1.29 is 19.0 Å². The van der Waals surface area contributed by atoms with Gasteiger partial charge < -0.3 is 15.6 Å². The molecular formula is C10H12FNO3. The fraction of sp³-hybridized carbons (Fsp3) is 0.300. The maximum Gasteiger partial charge on any atom is 0.197 e. The average Bonchev–Trinajstić information content (AvgIpc) is 2.17. The Bertz CT molecular complexity index is 404. The van der Waals surface area contributed by atoms with Gasteiger partial charge in [0.05, 0.1) is 19.2 Å². The van der Waals surface area contributed by atoms with Crippen LogP contribution in [0.2, 0.25) is 0 Å². The normalized spacial score (nSPS) is 10.1. The monoisotopic (exact) mass is 213 g/mol. The molecule has 0 saturated carbocycles. The zero-order valence-electron chi connectivity index (χ0n) is 8.50. The maximum atomic E-state index is 13.2. The van der Waals surface area contributed by atoms with Gasteiger partial charge in [-0.05, 0) is 18.6 Å². The number of carbonyl (C=O) groups is 1. The van der Waals surface area contributed by atoms with Crippen LogP contribution in [-0.4, -0.2) is 24.5 Å². The van der Waals surface area contributed by atoms with Crippen molar-refractivity contribution in [2.45, 2.75) is 6.92 Å². The Hall–Kier alpha value is -1.62. The molecule has 4 nitrogen and oxygen atoms in total. The molecule has 1 aromatic rings. The van der Waals surface area contributed by atoms with E-state index in [4.69, 9.17) is 5.73 Å². The molecule has 0 aliphatic rings. The van der Waals surface area contributed by atoms with Gasteiger partial charge in [0.1, 0.15) is 0 Å². The summed E-state index contributed by atoms with van der Waals surface area (Å²) in [7, 11) is 1.21. The number of carbonyl (C=O) groups excluding carboxylic acids is 1. The lowest BCUT2D eigenvalue weighted by molar-refractivity contribution is 0.0997. The van der Waals surface area contributed by atoms with Gasteiger partial charge in [0.15, 0.2) is 23.1 Å². The third-order valence-corrected chi connectivity index (χ3v) is 2.07. The summed E-state index contributed by atoms with van der Waals surface area (Å²) in [5.41, 5.74) is 5.52. The van der Waals surface area contributed by atoms with Gasteiger partial charge in [0, 0.05) is 0 Å². The highest BCUT2D eigenvalue weighted by molar-refractivity contribution is 6.02. The first-order chi connectivity index (χ1) is 7.02. The number of rotatable bonds is 3. The van der Waals surface area contributed by atoms with E-state index in [-0.39, 0.29) is 17.9 Å². The summed E-state index contributed by atoms with van der Waals surface area (Å²) in [6.07, 6.45) is 0. The largest absolute Gasteiger partial charge is 0.504 e. The van der Waals surface area contributed by atoms with E-state index in [1.165, 1.54) is 14.0 Å². The van der Waals surface area contributed by atoms with Crippen LogP contribution >= 0.6 is 0 Å². The first kappa shape index (κ1) is 11.5. The second-order valence-electron chi connectivity index (χ2n) is 3.06. The van der Waals surface area contributed by atoms with Crippen LogP contribution in [0.3, 0.4) is 0 Å². The minimum absolute atomic E-state index is 0.00995. The van der Waals surface area contributed by atoms with Gasteiger partial charge in [-0.1, -0.05) is 0 Å². The number of phenols is 1. The molecule has 1 rings (SSSR count).